The maximum absolute atomic E-state index is 13.1. The zero-order valence-corrected chi connectivity index (χ0v) is 24.7. The highest BCUT2D eigenvalue weighted by Crippen LogP contribution is 2.49. The quantitative estimate of drug-likeness (QED) is 0.0895. The van der Waals surface area contributed by atoms with E-state index in [0.29, 0.717) is 0 Å². The van der Waals surface area contributed by atoms with Gasteiger partial charge in [-0.2, -0.15) is 9.97 Å². The predicted octanol–water partition coefficient (Wildman–Crippen LogP) is -3.55. The lowest BCUT2D eigenvalue weighted by Gasteiger charge is -2.26. The van der Waals surface area contributed by atoms with Gasteiger partial charge in [0, 0.05) is 13.8 Å². The number of rotatable bonds is 10. The number of carbonyl (C=O) groups is 2. The van der Waals surface area contributed by atoms with Gasteiger partial charge in [0.05, 0.1) is 19.5 Å². The molecule has 0 aliphatic carbocycles. The van der Waals surface area contributed by atoms with E-state index in [-0.39, 0.29) is 23.1 Å². The number of nitrogens with two attached hydrogens (primary N) is 2. The first-order chi connectivity index (χ1) is 21.7. The van der Waals surface area contributed by atoms with Crippen LogP contribution in [0.2, 0.25) is 0 Å². The summed E-state index contributed by atoms with van der Waals surface area (Å²) in [6.45, 7) is 0.390. The Morgan fingerprint density at radius 2 is 1.63 bits per heavy atom. The molecule has 3 aromatic heterocycles. The van der Waals surface area contributed by atoms with Crippen LogP contribution in [0.15, 0.2) is 22.2 Å². The Balaban J connectivity index is 1.35. The number of phosphoric ester groups is 1. The van der Waals surface area contributed by atoms with Crippen molar-refractivity contribution in [3.63, 3.8) is 0 Å². The molecule has 0 aromatic carbocycles. The van der Waals surface area contributed by atoms with Crippen LogP contribution in [0.5, 0.6) is 0 Å². The van der Waals surface area contributed by atoms with Crippen molar-refractivity contribution < 1.29 is 57.3 Å². The number of imidazole rings is 1. The molecule has 0 saturated carbocycles. The molecule has 0 amide bonds. The van der Waals surface area contributed by atoms with Crippen molar-refractivity contribution in [3.05, 3.63) is 33.5 Å². The summed E-state index contributed by atoms with van der Waals surface area (Å²) >= 11 is 0. The average Bonchev–Trinajstić information content (AvgIpc) is 3.61. The van der Waals surface area contributed by atoms with Crippen LogP contribution < -0.4 is 22.7 Å². The molecule has 23 nitrogen and oxygen atoms in total. The first kappa shape index (κ1) is 33.0. The van der Waals surface area contributed by atoms with E-state index in [2.05, 4.69) is 24.9 Å². The number of H-pyrrole nitrogens is 1. The Bertz CT molecular complexity index is 1800. The highest BCUT2D eigenvalue weighted by Gasteiger charge is 2.53. The van der Waals surface area contributed by atoms with Gasteiger partial charge in [-0.25, -0.2) is 19.3 Å². The van der Waals surface area contributed by atoms with Crippen LogP contribution in [0.25, 0.3) is 11.2 Å². The fourth-order valence-corrected chi connectivity index (χ4v) is 5.89. The molecular formula is C22H28N9O14P. The first-order valence-electron chi connectivity index (χ1n) is 13.2. The third kappa shape index (κ3) is 6.61. The minimum Gasteiger partial charge on any atom is -0.455 e. The zero-order valence-electron chi connectivity index (χ0n) is 23.8. The van der Waals surface area contributed by atoms with Gasteiger partial charge >= 0.3 is 25.5 Å². The molecule has 9 atom stereocenters. The minimum atomic E-state index is -5.18. The highest BCUT2D eigenvalue weighted by molar-refractivity contribution is 7.47. The monoisotopic (exact) mass is 673 g/mol. The molecule has 3 aromatic rings. The normalized spacial score (nSPS) is 29.1. The maximum atomic E-state index is 13.1. The van der Waals surface area contributed by atoms with Crippen molar-refractivity contribution in [1.29, 1.82) is 0 Å². The van der Waals surface area contributed by atoms with E-state index < -0.39 is 93.3 Å². The van der Waals surface area contributed by atoms with Crippen molar-refractivity contribution in [2.45, 2.75) is 62.9 Å². The Labute approximate surface area is 255 Å². The average molecular weight is 673 g/mol. The van der Waals surface area contributed by atoms with Crippen LogP contribution in [-0.2, 0) is 42.1 Å². The number of phosphoric acid groups is 1. The van der Waals surface area contributed by atoms with Crippen LogP contribution in [-0.4, -0.2) is 111 Å². The number of hydrogen-bond acceptors (Lipinski definition) is 19. The van der Waals surface area contributed by atoms with Crippen LogP contribution in [0.4, 0.5) is 11.9 Å². The molecule has 5 rings (SSSR count). The second-order valence-electron chi connectivity index (χ2n) is 9.97. The number of hydrogen-bond donors (Lipinski definition) is 6. The van der Waals surface area contributed by atoms with E-state index in [1.807, 2.05) is 0 Å². The van der Waals surface area contributed by atoms with E-state index in [1.54, 1.807) is 0 Å². The molecule has 46 heavy (non-hydrogen) atoms. The zero-order chi connectivity index (χ0) is 33.5. The van der Waals surface area contributed by atoms with Gasteiger partial charge in [-0.3, -0.25) is 37.5 Å². The molecule has 2 aliphatic heterocycles. The predicted molar refractivity (Wildman–Crippen MR) is 146 cm³/mol. The summed E-state index contributed by atoms with van der Waals surface area (Å²) in [7, 11) is -5.18. The van der Waals surface area contributed by atoms with Crippen LogP contribution in [0.3, 0.4) is 0 Å². The lowest BCUT2D eigenvalue weighted by molar-refractivity contribution is -0.156. The molecule has 5 heterocycles. The Hall–Kier alpha value is -4.35. The first-order valence-corrected chi connectivity index (χ1v) is 14.7. The Morgan fingerprint density at radius 3 is 2.28 bits per heavy atom. The number of nitrogen functional groups attached to an aromatic ring is 2. The van der Waals surface area contributed by atoms with Gasteiger partial charge in [0.2, 0.25) is 11.9 Å². The Kier molecular flexibility index (Phi) is 9.19. The number of aliphatic hydroxyl groups excluding tert-OH is 2. The van der Waals surface area contributed by atoms with Gasteiger partial charge in [0.15, 0.2) is 35.8 Å². The maximum Gasteiger partial charge on any atom is 0.472 e. The van der Waals surface area contributed by atoms with Gasteiger partial charge in [-0.05, 0) is 0 Å². The largest absolute Gasteiger partial charge is 0.472 e. The number of fused-ring (bicyclic) bond motifs is 1. The number of carbonyl (C=O) groups excluding carboxylic acids is 2. The summed E-state index contributed by atoms with van der Waals surface area (Å²) in [5, 5.41) is 20.9. The van der Waals surface area contributed by atoms with Gasteiger partial charge in [-0.15, -0.1) is 0 Å². The van der Waals surface area contributed by atoms with E-state index in [9.17, 15) is 38.8 Å². The third-order valence-corrected chi connectivity index (χ3v) is 7.77. The fourth-order valence-electron chi connectivity index (χ4n) is 4.93. The summed E-state index contributed by atoms with van der Waals surface area (Å²) in [4.78, 5) is 76.4. The van der Waals surface area contributed by atoms with E-state index in [4.69, 9.17) is 39.5 Å². The highest BCUT2D eigenvalue weighted by atomic mass is 31.2. The second kappa shape index (κ2) is 12.8. The molecule has 8 N–H and O–H groups in total. The summed E-state index contributed by atoms with van der Waals surface area (Å²) < 4.78 is 47.2. The number of aromatic amines is 1. The summed E-state index contributed by atoms with van der Waals surface area (Å²) in [5.74, 6) is -2.36. The van der Waals surface area contributed by atoms with Crippen molar-refractivity contribution >= 4 is 42.8 Å². The molecule has 2 fully saturated rings. The SMILES string of the molecule is CC(=O)OC1C(OP(=O)(O)OCC2OC(n3cnc4c(=O)[nH]c(N)nc43)C(OC(C)=O)C2O)C(CO)OC1n1cnc(N)nc1=O. The minimum absolute atomic E-state index is 0.0821. The molecule has 2 saturated heterocycles. The third-order valence-electron chi connectivity index (χ3n) is 6.78. The van der Waals surface area contributed by atoms with Gasteiger partial charge in [0.1, 0.15) is 30.7 Å². The van der Waals surface area contributed by atoms with Gasteiger partial charge < -0.3 is 45.5 Å². The smallest absolute Gasteiger partial charge is 0.455 e. The fraction of sp³-hybridized carbons (Fsp3) is 0.545. The number of nitrogens with one attached hydrogen (secondary N) is 1. The second-order valence-corrected chi connectivity index (χ2v) is 11.4. The topological polar surface area (TPSA) is 331 Å². The number of nitrogens with zero attached hydrogens (tertiary/aromatic N) is 6. The molecule has 0 bridgehead atoms. The summed E-state index contributed by atoms with van der Waals surface area (Å²) in [6.07, 6.45) is -10.1. The van der Waals surface area contributed by atoms with E-state index in [0.717, 1.165) is 31.1 Å². The lowest BCUT2D eigenvalue weighted by atomic mass is 10.1. The number of ether oxygens (including phenoxy) is 4. The van der Waals surface area contributed by atoms with Crippen LogP contribution >= 0.6 is 7.82 Å². The molecule has 24 heteroatoms. The van der Waals surface area contributed by atoms with Gasteiger partial charge in [0.25, 0.3) is 5.56 Å². The van der Waals surface area contributed by atoms with E-state index in [1.165, 1.54) is 4.57 Å². The molecular weight excluding hydrogens is 645 g/mol. The standard InChI is InChI=1S/C22H28N9O14P/c1-7(33)41-14-12(35)10(44-18(14)30-5-25-11-16(30)27-21(24)28-17(11)36)4-40-46(38,39)45-13-9(3-32)43-19(15(13)42-8(2)34)31-6-26-20(23)29-22(31)37/h5-6,9-10,12-15,18-19,32,35H,3-4H2,1-2H3,(H,38,39)(H2,23,29,37)(H3,24,27,28,36). The summed E-state index contributed by atoms with van der Waals surface area (Å²) in [5.41, 5.74) is 9.17. The number of aromatic nitrogens is 7. The lowest BCUT2D eigenvalue weighted by Crippen LogP contribution is -2.40. The van der Waals surface area contributed by atoms with Crippen molar-refractivity contribution in [2.75, 3.05) is 24.7 Å². The number of anilines is 2. The number of aliphatic hydroxyl groups is 2. The van der Waals surface area contributed by atoms with Crippen LogP contribution in [0, 0.1) is 0 Å². The number of esters is 2. The molecule has 2 aliphatic rings. The summed E-state index contributed by atoms with van der Waals surface area (Å²) in [6, 6.07) is 0. The molecule has 250 valence electrons. The van der Waals surface area contributed by atoms with Crippen LogP contribution in [0.1, 0.15) is 26.3 Å². The Morgan fingerprint density at radius 1 is 1.00 bits per heavy atom. The van der Waals surface area contributed by atoms with Gasteiger partial charge in [-0.1, -0.05) is 0 Å². The van der Waals surface area contributed by atoms with E-state index >= 15 is 0 Å². The molecule has 0 spiro atoms. The molecule has 9 unspecified atom stereocenters. The van der Waals surface area contributed by atoms with Crippen molar-refractivity contribution in [1.82, 2.24) is 34.1 Å². The molecule has 0 radical (unpaired) electrons. The van der Waals surface area contributed by atoms with Crippen molar-refractivity contribution in [2.24, 2.45) is 0 Å². The van der Waals surface area contributed by atoms with Crippen molar-refractivity contribution in [3.8, 4) is 0 Å².